The van der Waals surface area contributed by atoms with E-state index in [2.05, 4.69) is 15.2 Å². The zero-order valence-corrected chi connectivity index (χ0v) is 24.7. The Bertz CT molecular complexity index is 1680. The van der Waals surface area contributed by atoms with Crippen LogP contribution in [0.25, 0.3) is 10.9 Å². The SMILES string of the molecule is COc1cc2c(Oc3ccc(NC(=O)N4C=CN(c5ccc(F)cc5)C4)cc3F)ccnc2cc1OCCCN1CCOCC1. The van der Waals surface area contributed by atoms with Crippen molar-refractivity contribution in [3.63, 3.8) is 0 Å². The first-order valence-electron chi connectivity index (χ1n) is 14.6. The topological polar surface area (TPSA) is 88.6 Å². The molecule has 234 valence electrons. The predicted molar refractivity (Wildman–Crippen MR) is 166 cm³/mol. The highest BCUT2D eigenvalue weighted by atomic mass is 19.1. The van der Waals surface area contributed by atoms with Gasteiger partial charge in [-0.15, -0.1) is 0 Å². The normalized spacial score (nSPS) is 15.0. The maximum atomic E-state index is 15.2. The number of nitrogens with one attached hydrogen (secondary N) is 1. The van der Waals surface area contributed by atoms with E-state index in [9.17, 15) is 9.18 Å². The summed E-state index contributed by atoms with van der Waals surface area (Å²) in [6, 6.07) is 14.9. The second kappa shape index (κ2) is 13.8. The number of fused-ring (bicyclic) bond motifs is 1. The second-order valence-electron chi connectivity index (χ2n) is 10.5. The summed E-state index contributed by atoms with van der Waals surface area (Å²) in [6.45, 7) is 5.05. The molecule has 1 N–H and O–H groups in total. The number of anilines is 2. The molecule has 10 nitrogen and oxygen atoms in total. The number of rotatable bonds is 10. The summed E-state index contributed by atoms with van der Waals surface area (Å²) in [4.78, 5) is 22.8. The van der Waals surface area contributed by atoms with Crippen molar-refractivity contribution in [2.45, 2.75) is 6.42 Å². The highest BCUT2D eigenvalue weighted by Gasteiger charge is 2.21. The van der Waals surface area contributed by atoms with Crippen LogP contribution >= 0.6 is 0 Å². The number of amides is 2. The minimum absolute atomic E-state index is 0.0218. The number of carbonyl (C=O) groups is 1. The average Bonchev–Trinajstić information content (AvgIpc) is 3.56. The Labute approximate surface area is 259 Å². The number of hydrogen-bond acceptors (Lipinski definition) is 8. The van der Waals surface area contributed by atoms with Gasteiger partial charge in [0.05, 0.1) is 32.4 Å². The van der Waals surface area contributed by atoms with Crippen molar-refractivity contribution in [1.29, 1.82) is 0 Å². The summed E-state index contributed by atoms with van der Waals surface area (Å²) >= 11 is 0. The second-order valence-corrected chi connectivity index (χ2v) is 10.5. The van der Waals surface area contributed by atoms with Crippen LogP contribution in [0, 0.1) is 11.6 Å². The maximum absolute atomic E-state index is 15.2. The van der Waals surface area contributed by atoms with Gasteiger partial charge >= 0.3 is 6.03 Å². The molecule has 4 aromatic rings. The molecular weight excluding hydrogens is 584 g/mol. The quantitative estimate of drug-likeness (QED) is 0.211. The predicted octanol–water partition coefficient (Wildman–Crippen LogP) is 6.20. The van der Waals surface area contributed by atoms with Gasteiger partial charge in [-0.1, -0.05) is 0 Å². The molecule has 0 unspecified atom stereocenters. The number of ether oxygens (including phenoxy) is 4. The van der Waals surface area contributed by atoms with Crippen LogP contribution in [0.15, 0.2) is 79.3 Å². The van der Waals surface area contributed by atoms with Crippen molar-refractivity contribution in [3.8, 4) is 23.0 Å². The van der Waals surface area contributed by atoms with Crippen LogP contribution in [0.5, 0.6) is 23.0 Å². The molecule has 2 amide bonds. The van der Waals surface area contributed by atoms with Crippen LogP contribution in [0.3, 0.4) is 0 Å². The van der Waals surface area contributed by atoms with Gasteiger partial charge in [0, 0.05) is 67.1 Å². The number of nitrogens with zero attached hydrogens (tertiary/aromatic N) is 4. The molecule has 2 aliphatic heterocycles. The molecule has 3 aromatic carbocycles. The Hall–Kier alpha value is -4.94. The molecule has 6 rings (SSSR count). The molecule has 0 spiro atoms. The van der Waals surface area contributed by atoms with Crippen molar-refractivity contribution in [1.82, 2.24) is 14.8 Å². The zero-order chi connectivity index (χ0) is 31.2. The zero-order valence-electron chi connectivity index (χ0n) is 24.7. The molecule has 1 aromatic heterocycles. The lowest BCUT2D eigenvalue weighted by atomic mass is 10.1. The van der Waals surface area contributed by atoms with E-state index in [0.717, 1.165) is 45.0 Å². The number of carbonyl (C=O) groups excluding carboxylic acids is 1. The van der Waals surface area contributed by atoms with Gasteiger partial charge in [-0.3, -0.25) is 14.8 Å². The fourth-order valence-corrected chi connectivity index (χ4v) is 5.11. The van der Waals surface area contributed by atoms with E-state index in [1.165, 1.54) is 29.2 Å². The third-order valence-corrected chi connectivity index (χ3v) is 7.52. The molecule has 2 aliphatic rings. The molecule has 1 fully saturated rings. The number of methoxy groups -OCH3 is 1. The molecular formula is C33H33F2N5O5. The van der Waals surface area contributed by atoms with E-state index in [0.29, 0.717) is 34.8 Å². The third kappa shape index (κ3) is 7.24. The number of pyridine rings is 1. The molecule has 1 saturated heterocycles. The van der Waals surface area contributed by atoms with Crippen LogP contribution < -0.4 is 24.4 Å². The first-order valence-corrected chi connectivity index (χ1v) is 14.6. The third-order valence-electron chi connectivity index (χ3n) is 7.52. The number of urea groups is 1. The minimum atomic E-state index is -0.658. The van der Waals surface area contributed by atoms with E-state index < -0.39 is 11.8 Å². The number of benzene rings is 3. The summed E-state index contributed by atoms with van der Waals surface area (Å²) in [6.07, 6.45) is 5.74. The molecule has 0 saturated carbocycles. The van der Waals surface area contributed by atoms with Crippen molar-refractivity contribution >= 4 is 28.3 Å². The van der Waals surface area contributed by atoms with Gasteiger partial charge in [0.1, 0.15) is 18.2 Å². The standard InChI is InChI=1S/C33H33F2N5O5/c1-42-31-20-26-28(21-32(31)44-16-2-11-38-14-17-43-18-15-38)36-10-9-29(26)45-30-8-5-24(19-27(30)35)37-33(41)40-13-12-39(22-40)25-6-3-23(34)4-7-25/h3-10,12-13,19-21H,2,11,14-18,22H2,1H3,(H,37,41). The molecule has 3 heterocycles. The fourth-order valence-electron chi connectivity index (χ4n) is 5.11. The Morgan fingerprint density at radius 2 is 1.78 bits per heavy atom. The largest absolute Gasteiger partial charge is 0.493 e. The molecule has 0 atom stereocenters. The average molecular weight is 618 g/mol. The molecule has 12 heteroatoms. The maximum Gasteiger partial charge on any atom is 0.327 e. The summed E-state index contributed by atoms with van der Waals surface area (Å²) < 4.78 is 51.4. The Morgan fingerprint density at radius 3 is 2.56 bits per heavy atom. The number of halogens is 2. The van der Waals surface area contributed by atoms with Gasteiger partial charge in [-0.05, 0) is 55.0 Å². The van der Waals surface area contributed by atoms with Gasteiger partial charge in [0.15, 0.2) is 23.1 Å². The Kier molecular flexibility index (Phi) is 9.22. The highest BCUT2D eigenvalue weighted by molar-refractivity contribution is 5.91. The van der Waals surface area contributed by atoms with E-state index in [4.69, 9.17) is 18.9 Å². The van der Waals surface area contributed by atoms with E-state index in [1.807, 2.05) is 0 Å². The minimum Gasteiger partial charge on any atom is -0.493 e. The molecule has 0 aliphatic carbocycles. The van der Waals surface area contributed by atoms with Gasteiger partial charge in [-0.2, -0.15) is 0 Å². The summed E-state index contributed by atoms with van der Waals surface area (Å²) in [5.74, 6) is 0.445. The number of hydrogen-bond donors (Lipinski definition) is 1. The van der Waals surface area contributed by atoms with Crippen LogP contribution in [-0.2, 0) is 4.74 Å². The van der Waals surface area contributed by atoms with Crippen LogP contribution in [0.1, 0.15) is 6.42 Å². The van der Waals surface area contributed by atoms with Crippen molar-refractivity contribution in [2.24, 2.45) is 0 Å². The first-order chi connectivity index (χ1) is 22.0. The van der Waals surface area contributed by atoms with Crippen LogP contribution in [0.2, 0.25) is 0 Å². The molecule has 0 radical (unpaired) electrons. The Balaban J connectivity index is 1.08. The molecule has 0 bridgehead atoms. The summed E-state index contributed by atoms with van der Waals surface area (Å²) in [7, 11) is 1.56. The van der Waals surface area contributed by atoms with Gasteiger partial charge in [-0.25, -0.2) is 13.6 Å². The smallest absolute Gasteiger partial charge is 0.327 e. The monoisotopic (exact) mass is 617 g/mol. The lowest BCUT2D eigenvalue weighted by Gasteiger charge is -2.26. The number of aromatic nitrogens is 1. The first kappa shape index (κ1) is 30.1. The van der Waals surface area contributed by atoms with E-state index >= 15 is 4.39 Å². The number of morpholine rings is 1. The van der Waals surface area contributed by atoms with Gasteiger partial charge in [0.25, 0.3) is 0 Å². The van der Waals surface area contributed by atoms with E-state index in [-0.39, 0.29) is 23.9 Å². The lowest BCUT2D eigenvalue weighted by molar-refractivity contribution is 0.0357. The van der Waals surface area contributed by atoms with Crippen molar-refractivity contribution < 1.29 is 32.5 Å². The van der Waals surface area contributed by atoms with Gasteiger partial charge in [0.2, 0.25) is 0 Å². The van der Waals surface area contributed by atoms with Crippen LogP contribution in [0.4, 0.5) is 25.0 Å². The van der Waals surface area contributed by atoms with E-state index in [1.54, 1.807) is 67.0 Å². The van der Waals surface area contributed by atoms with Crippen molar-refractivity contribution in [3.05, 3.63) is 90.9 Å². The highest BCUT2D eigenvalue weighted by Crippen LogP contribution is 2.38. The summed E-state index contributed by atoms with van der Waals surface area (Å²) in [5, 5.41) is 3.32. The van der Waals surface area contributed by atoms with Crippen molar-refractivity contribution in [2.75, 3.05) is 63.5 Å². The van der Waals surface area contributed by atoms with Crippen LogP contribution in [-0.4, -0.2) is 74.0 Å². The molecule has 45 heavy (non-hydrogen) atoms. The Morgan fingerprint density at radius 1 is 0.956 bits per heavy atom. The summed E-state index contributed by atoms with van der Waals surface area (Å²) in [5.41, 5.74) is 1.60. The fraction of sp³-hybridized carbons (Fsp3) is 0.273. The lowest BCUT2D eigenvalue weighted by Crippen LogP contribution is -2.37. The van der Waals surface area contributed by atoms with Gasteiger partial charge < -0.3 is 29.2 Å².